The van der Waals surface area contributed by atoms with Crippen molar-refractivity contribution in [2.24, 2.45) is 0 Å². The zero-order chi connectivity index (χ0) is 14.0. The largest absolute Gasteiger partial charge is 0.425 e. The summed E-state index contributed by atoms with van der Waals surface area (Å²) in [6.07, 6.45) is 2.02. The molecule has 0 unspecified atom stereocenters. The van der Waals surface area contributed by atoms with E-state index < -0.39 is 0 Å². The van der Waals surface area contributed by atoms with E-state index >= 15 is 0 Å². The quantitative estimate of drug-likeness (QED) is 0.590. The second-order valence-electron chi connectivity index (χ2n) is 4.34. The van der Waals surface area contributed by atoms with E-state index in [0.717, 1.165) is 24.4 Å². The predicted molar refractivity (Wildman–Crippen MR) is 81.6 cm³/mol. The topological polar surface area (TPSA) is 32.8 Å². The average molecular weight is 298 g/mol. The lowest BCUT2D eigenvalue weighted by Crippen LogP contribution is -2.28. The Hall–Kier alpha value is -1.01. The molecule has 0 aliphatic carbocycles. The van der Waals surface area contributed by atoms with Gasteiger partial charge in [0.25, 0.3) is 11.1 Å². The molecule has 2 fully saturated rings. The van der Waals surface area contributed by atoms with Crippen molar-refractivity contribution in [1.29, 1.82) is 0 Å². The van der Waals surface area contributed by atoms with Gasteiger partial charge in [-0.2, -0.15) is 0 Å². The summed E-state index contributed by atoms with van der Waals surface area (Å²) < 4.78 is 5.43. The highest BCUT2D eigenvalue weighted by atomic mass is 32.2. The molecular weight excluding hydrogens is 280 g/mol. The van der Waals surface area contributed by atoms with Gasteiger partial charge in [0.05, 0.1) is 5.03 Å². The highest BCUT2D eigenvalue weighted by molar-refractivity contribution is 8.03. The third-order valence-corrected chi connectivity index (χ3v) is 4.53. The van der Waals surface area contributed by atoms with Crippen LogP contribution in [-0.2, 0) is 9.53 Å². The van der Waals surface area contributed by atoms with Crippen LogP contribution in [0.25, 0.3) is 0 Å². The van der Waals surface area contributed by atoms with Gasteiger partial charge in [0.1, 0.15) is 0 Å². The van der Waals surface area contributed by atoms with Gasteiger partial charge in [0.15, 0.2) is 5.76 Å². The summed E-state index contributed by atoms with van der Waals surface area (Å²) in [6, 6.07) is 0. The monoisotopic (exact) mass is 298 g/mol. The van der Waals surface area contributed by atoms with Gasteiger partial charge in [-0.15, -0.1) is 11.8 Å². The van der Waals surface area contributed by atoms with E-state index in [1.54, 1.807) is 0 Å². The molecule has 0 bridgehead atoms. The maximum absolute atomic E-state index is 12.1. The average Bonchev–Trinajstić information content (AvgIpc) is 2.94. The summed E-state index contributed by atoms with van der Waals surface area (Å²) in [6.45, 7) is 8.50. The van der Waals surface area contributed by atoms with Crippen molar-refractivity contribution in [3.63, 3.8) is 0 Å². The van der Waals surface area contributed by atoms with Gasteiger partial charge in [-0.1, -0.05) is 0 Å². The Morgan fingerprint density at radius 3 is 2.79 bits per heavy atom. The molecule has 2 aliphatic rings. The summed E-state index contributed by atoms with van der Waals surface area (Å²) in [5.74, 6) is 1.33. The Kier molecular flexibility index (Phi) is 4.52. The van der Waals surface area contributed by atoms with Crippen LogP contribution in [0.4, 0.5) is 0 Å². The molecule has 4 nitrogen and oxygen atoms in total. The maximum atomic E-state index is 12.1. The van der Waals surface area contributed by atoms with E-state index in [4.69, 9.17) is 17.0 Å². The Balaban J connectivity index is 2.26. The van der Waals surface area contributed by atoms with Crippen molar-refractivity contribution in [1.82, 2.24) is 9.80 Å². The molecular formula is C13H18N2O2S2. The number of carbonyl (C=O) groups excluding carboxylic acids is 1. The van der Waals surface area contributed by atoms with Gasteiger partial charge in [-0.05, 0) is 39.1 Å². The van der Waals surface area contributed by atoms with Gasteiger partial charge < -0.3 is 9.64 Å². The summed E-state index contributed by atoms with van der Waals surface area (Å²) >= 11 is 6.86. The van der Waals surface area contributed by atoms with Crippen LogP contribution in [0.2, 0.25) is 0 Å². The van der Waals surface area contributed by atoms with Crippen LogP contribution in [0.15, 0.2) is 22.4 Å². The molecule has 2 saturated heterocycles. The zero-order valence-corrected chi connectivity index (χ0v) is 13.1. The van der Waals surface area contributed by atoms with Gasteiger partial charge in [0.2, 0.25) is 0 Å². The molecule has 104 valence electrons. The smallest absolute Gasteiger partial charge is 0.297 e. The highest BCUT2D eigenvalue weighted by Gasteiger charge is 2.33. The molecule has 6 heteroatoms. The third kappa shape index (κ3) is 2.79. The minimum absolute atomic E-state index is 0.132. The molecule has 0 aromatic rings. The second-order valence-corrected chi connectivity index (χ2v) is 5.80. The number of rotatable bonds is 3. The van der Waals surface area contributed by atoms with Gasteiger partial charge in [-0.25, -0.2) is 0 Å². The Morgan fingerprint density at radius 1 is 1.47 bits per heavy atom. The first-order chi connectivity index (χ1) is 9.08. The summed E-state index contributed by atoms with van der Waals surface area (Å²) in [7, 11) is 0. The number of carbonyl (C=O) groups is 1. The van der Waals surface area contributed by atoms with E-state index in [0.29, 0.717) is 12.3 Å². The Labute approximate surface area is 123 Å². The Bertz CT molecular complexity index is 471. The molecule has 0 aromatic carbocycles. The highest BCUT2D eigenvalue weighted by Crippen LogP contribution is 2.30. The van der Waals surface area contributed by atoms with E-state index in [9.17, 15) is 4.79 Å². The van der Waals surface area contributed by atoms with Crippen LogP contribution in [0.1, 0.15) is 20.8 Å². The summed E-state index contributed by atoms with van der Waals surface area (Å²) in [5.41, 5.74) is 0.839. The zero-order valence-electron chi connectivity index (χ0n) is 11.4. The van der Waals surface area contributed by atoms with Crippen molar-refractivity contribution >= 4 is 35.1 Å². The van der Waals surface area contributed by atoms with Crippen molar-refractivity contribution < 1.29 is 9.53 Å². The molecule has 0 aromatic heterocycles. The van der Waals surface area contributed by atoms with Crippen LogP contribution in [0.3, 0.4) is 0 Å². The number of nitrogens with zero attached hydrogens (tertiary/aromatic N) is 2. The summed E-state index contributed by atoms with van der Waals surface area (Å²) in [4.78, 5) is 15.9. The van der Waals surface area contributed by atoms with Gasteiger partial charge in [0, 0.05) is 31.0 Å². The fraction of sp³-hybridized carbons (Fsp3) is 0.538. The third-order valence-electron chi connectivity index (χ3n) is 3.17. The number of allylic oxidation sites excluding steroid dienone is 2. The van der Waals surface area contributed by atoms with Crippen molar-refractivity contribution in [2.45, 2.75) is 20.8 Å². The number of hydrogen-bond donors (Lipinski definition) is 0. The first kappa shape index (κ1) is 14.4. The van der Waals surface area contributed by atoms with Gasteiger partial charge >= 0.3 is 0 Å². The normalized spacial score (nSPS) is 24.5. The van der Waals surface area contributed by atoms with Crippen molar-refractivity contribution in [2.75, 3.05) is 25.4 Å². The number of hydrogen-bond acceptors (Lipinski definition) is 5. The molecule has 19 heavy (non-hydrogen) atoms. The lowest BCUT2D eigenvalue weighted by molar-refractivity contribution is -0.122. The number of ether oxygens (including phenoxy) is 1. The molecule has 2 aliphatic heterocycles. The molecule has 2 heterocycles. The maximum Gasteiger partial charge on any atom is 0.297 e. The second kappa shape index (κ2) is 5.96. The van der Waals surface area contributed by atoms with E-state index in [2.05, 4.69) is 11.8 Å². The molecule has 0 atom stereocenters. The Morgan fingerprint density at radius 2 is 2.21 bits per heavy atom. The summed E-state index contributed by atoms with van der Waals surface area (Å²) in [5, 5.41) is 1.46. The van der Waals surface area contributed by atoms with Crippen LogP contribution < -0.4 is 0 Å². The van der Waals surface area contributed by atoms with E-state index in [1.165, 1.54) is 9.93 Å². The molecule has 0 saturated carbocycles. The van der Waals surface area contributed by atoms with Gasteiger partial charge in [-0.3, -0.25) is 9.69 Å². The van der Waals surface area contributed by atoms with Crippen molar-refractivity contribution in [3.05, 3.63) is 22.4 Å². The molecule has 0 N–H and O–H groups in total. The molecule has 0 spiro atoms. The number of thiocarbonyl (C=S) groups is 1. The van der Waals surface area contributed by atoms with Crippen LogP contribution in [-0.4, -0.2) is 46.3 Å². The molecule has 2 rings (SSSR count). The van der Waals surface area contributed by atoms with E-state index in [1.807, 2.05) is 31.7 Å². The first-order valence-corrected chi connectivity index (χ1v) is 7.81. The molecule has 0 radical (unpaired) electrons. The standard InChI is InChI=1S/C13H18N2O2S2/c1-4-14-6-7-19-10(14)8-9(3)11-12(16)15(5-2)13(18)17-11/h8H,4-7H2,1-3H3. The van der Waals surface area contributed by atoms with E-state index in [-0.39, 0.29) is 11.1 Å². The van der Waals surface area contributed by atoms with Crippen LogP contribution in [0, 0.1) is 0 Å². The SMILES string of the molecule is CCN1CCSC1=CC(C)=C1OC(=S)N(CC)C1=O. The fourth-order valence-corrected chi connectivity index (χ4v) is 3.55. The minimum Gasteiger partial charge on any atom is -0.425 e. The molecule has 1 amide bonds. The first-order valence-electron chi connectivity index (χ1n) is 6.42. The van der Waals surface area contributed by atoms with Crippen LogP contribution in [0.5, 0.6) is 0 Å². The predicted octanol–water partition coefficient (Wildman–Crippen LogP) is 2.33. The number of thioether (sulfide) groups is 1. The van der Waals surface area contributed by atoms with Crippen LogP contribution >= 0.6 is 24.0 Å². The number of likely N-dealkylation sites (N-methyl/N-ethyl adjacent to an activating group) is 1. The lowest BCUT2D eigenvalue weighted by atomic mass is 10.2. The lowest BCUT2D eigenvalue weighted by Gasteiger charge is -2.16. The fourth-order valence-electron chi connectivity index (χ4n) is 2.07. The van der Waals surface area contributed by atoms with Crippen molar-refractivity contribution in [3.8, 4) is 0 Å². The number of amides is 1. The minimum atomic E-state index is -0.132.